The van der Waals surface area contributed by atoms with Crippen LogP contribution in [0, 0.1) is 0 Å². The number of carbonyl (C=O) groups excluding carboxylic acids is 2. The van der Waals surface area contributed by atoms with E-state index in [-0.39, 0.29) is 11.9 Å². The van der Waals surface area contributed by atoms with Gasteiger partial charge in [0, 0.05) is 54.9 Å². The zero-order chi connectivity index (χ0) is 27.3. The number of carbonyl (C=O) groups is 2. The highest BCUT2D eigenvalue weighted by molar-refractivity contribution is 5.96. The molecule has 0 atom stereocenters. The van der Waals surface area contributed by atoms with E-state index in [1.165, 1.54) is 0 Å². The van der Waals surface area contributed by atoms with Crippen LogP contribution in [0.1, 0.15) is 69.1 Å². The predicted molar refractivity (Wildman–Crippen MR) is 148 cm³/mol. The van der Waals surface area contributed by atoms with Crippen molar-refractivity contribution < 1.29 is 19.1 Å². The Bertz CT molecular complexity index is 1270. The highest BCUT2D eigenvalue weighted by Crippen LogP contribution is 2.31. The van der Waals surface area contributed by atoms with E-state index < -0.39 is 11.7 Å². The Kier molecular flexibility index (Phi) is 8.51. The van der Waals surface area contributed by atoms with Crippen molar-refractivity contribution in [2.45, 2.75) is 78.6 Å². The number of nitrogens with zero attached hydrogens (tertiary/aromatic N) is 3. The van der Waals surface area contributed by atoms with Crippen molar-refractivity contribution in [1.82, 2.24) is 20.1 Å². The Morgan fingerprint density at radius 1 is 1.13 bits per heavy atom. The van der Waals surface area contributed by atoms with Crippen LogP contribution in [-0.4, -0.2) is 51.6 Å². The molecule has 0 saturated carbocycles. The Labute approximate surface area is 223 Å². The Morgan fingerprint density at radius 2 is 1.84 bits per heavy atom. The molecule has 0 spiro atoms. The number of ether oxygens (including phenoxy) is 2. The fourth-order valence-corrected chi connectivity index (χ4v) is 4.50. The maximum atomic E-state index is 13.1. The zero-order valence-corrected chi connectivity index (χ0v) is 22.9. The van der Waals surface area contributed by atoms with Crippen molar-refractivity contribution in [3.05, 3.63) is 47.3 Å². The Balaban J connectivity index is 1.53. The third-order valence-electron chi connectivity index (χ3n) is 6.39. The number of pyridine rings is 1. The van der Waals surface area contributed by atoms with E-state index in [0.29, 0.717) is 17.8 Å². The summed E-state index contributed by atoms with van der Waals surface area (Å²) >= 11 is 0. The van der Waals surface area contributed by atoms with Crippen LogP contribution in [0.3, 0.4) is 0 Å². The van der Waals surface area contributed by atoms with Gasteiger partial charge >= 0.3 is 6.09 Å². The molecule has 1 aromatic carbocycles. The minimum absolute atomic E-state index is 0.211. The highest BCUT2D eigenvalue weighted by atomic mass is 16.6. The van der Waals surface area contributed by atoms with Gasteiger partial charge in [-0.3, -0.25) is 10.1 Å². The van der Waals surface area contributed by atoms with Gasteiger partial charge in [0.05, 0.1) is 17.3 Å². The molecule has 1 aliphatic heterocycles. The summed E-state index contributed by atoms with van der Waals surface area (Å²) in [5.41, 5.74) is 4.18. The molecule has 10 nitrogen and oxygen atoms in total. The smallest absolute Gasteiger partial charge is 0.412 e. The molecule has 2 aromatic heterocycles. The van der Waals surface area contributed by atoms with Gasteiger partial charge in [0.1, 0.15) is 5.60 Å². The highest BCUT2D eigenvalue weighted by Gasteiger charge is 2.22. The number of rotatable bonds is 8. The molecule has 4 rings (SSSR count). The van der Waals surface area contributed by atoms with E-state index in [9.17, 15) is 9.59 Å². The second kappa shape index (κ2) is 11.8. The third-order valence-corrected chi connectivity index (χ3v) is 6.39. The average Bonchev–Trinajstić information content (AvgIpc) is 3.30. The molecule has 1 saturated heterocycles. The minimum atomic E-state index is -0.590. The summed E-state index contributed by atoms with van der Waals surface area (Å²) in [5, 5.41) is 15.0. The molecule has 0 unspecified atom stereocenters. The lowest BCUT2D eigenvalue weighted by Crippen LogP contribution is -2.30. The summed E-state index contributed by atoms with van der Waals surface area (Å²) in [5.74, 6) is -0.211. The Hall–Kier alpha value is -3.66. The number of fused-ring (bicyclic) bond motifs is 1. The first-order chi connectivity index (χ1) is 18.2. The van der Waals surface area contributed by atoms with Gasteiger partial charge in [0.2, 0.25) is 0 Å². The van der Waals surface area contributed by atoms with Crippen molar-refractivity contribution in [1.29, 1.82) is 0 Å². The third kappa shape index (κ3) is 6.61. The molecule has 204 valence electrons. The van der Waals surface area contributed by atoms with E-state index in [1.54, 1.807) is 45.0 Å². The van der Waals surface area contributed by atoms with Crippen molar-refractivity contribution in [2.75, 3.05) is 23.8 Å². The van der Waals surface area contributed by atoms with Crippen LogP contribution in [0.4, 0.5) is 16.2 Å². The minimum Gasteiger partial charge on any atom is -0.444 e. The number of nitrogens with one attached hydrogen (secondary N) is 3. The van der Waals surface area contributed by atoms with E-state index in [0.717, 1.165) is 67.0 Å². The fourth-order valence-electron chi connectivity index (χ4n) is 4.50. The maximum absolute atomic E-state index is 13.1. The van der Waals surface area contributed by atoms with Crippen LogP contribution < -0.4 is 16.0 Å². The average molecular weight is 523 g/mol. The first-order valence-corrected chi connectivity index (χ1v) is 13.3. The van der Waals surface area contributed by atoms with Gasteiger partial charge in [-0.15, -0.1) is 0 Å². The summed E-state index contributed by atoms with van der Waals surface area (Å²) in [6.07, 6.45) is 3.88. The second-order valence-electron chi connectivity index (χ2n) is 10.4. The lowest BCUT2D eigenvalue weighted by molar-refractivity contribution is 0.0635. The molecule has 38 heavy (non-hydrogen) atoms. The summed E-state index contributed by atoms with van der Waals surface area (Å²) in [6, 6.07) is 7.00. The first-order valence-electron chi connectivity index (χ1n) is 13.3. The number of aromatic nitrogens is 3. The SMILES string of the molecule is CCc1nc2c(cnn2CC)c(NC2CCOCC2)c1CNC(=O)c1ccc(NC(=O)OC(C)(C)C)cc1. The first kappa shape index (κ1) is 27.4. The summed E-state index contributed by atoms with van der Waals surface area (Å²) in [7, 11) is 0. The van der Waals surface area contributed by atoms with Gasteiger partial charge < -0.3 is 20.1 Å². The largest absolute Gasteiger partial charge is 0.444 e. The number of hydrogen-bond acceptors (Lipinski definition) is 7. The van der Waals surface area contributed by atoms with E-state index >= 15 is 0 Å². The molecule has 2 amide bonds. The molecule has 1 aliphatic rings. The molecule has 3 N–H and O–H groups in total. The lowest BCUT2D eigenvalue weighted by Gasteiger charge is -2.26. The molecule has 3 aromatic rings. The topological polar surface area (TPSA) is 119 Å². The van der Waals surface area contributed by atoms with Crippen LogP contribution >= 0.6 is 0 Å². The zero-order valence-electron chi connectivity index (χ0n) is 22.9. The van der Waals surface area contributed by atoms with E-state index in [4.69, 9.17) is 14.5 Å². The lowest BCUT2D eigenvalue weighted by atomic mass is 10.0. The van der Waals surface area contributed by atoms with Gasteiger partial charge in [0.15, 0.2) is 5.65 Å². The van der Waals surface area contributed by atoms with Crippen molar-refractivity contribution in [3.8, 4) is 0 Å². The van der Waals surface area contributed by atoms with Crippen LogP contribution in [0.2, 0.25) is 0 Å². The van der Waals surface area contributed by atoms with Crippen LogP contribution in [-0.2, 0) is 29.0 Å². The molecular formula is C28H38N6O4. The van der Waals surface area contributed by atoms with Crippen LogP contribution in [0.15, 0.2) is 30.5 Å². The van der Waals surface area contributed by atoms with Crippen LogP contribution in [0.25, 0.3) is 11.0 Å². The monoisotopic (exact) mass is 522 g/mol. The molecule has 3 heterocycles. The van der Waals surface area contributed by atoms with Crippen molar-refractivity contribution in [2.24, 2.45) is 0 Å². The van der Waals surface area contributed by atoms with E-state index in [1.807, 2.05) is 17.8 Å². The van der Waals surface area contributed by atoms with Gasteiger partial charge in [-0.05, 0) is 71.2 Å². The number of hydrogen-bond donors (Lipinski definition) is 3. The molecule has 10 heteroatoms. The molecular weight excluding hydrogens is 484 g/mol. The number of aryl methyl sites for hydroxylation is 2. The summed E-state index contributed by atoms with van der Waals surface area (Å²) < 4.78 is 12.7. The molecule has 0 bridgehead atoms. The quantitative estimate of drug-likeness (QED) is 0.386. The normalized spacial score (nSPS) is 14.3. The summed E-state index contributed by atoms with van der Waals surface area (Å²) in [4.78, 5) is 30.0. The fraction of sp³-hybridized carbons (Fsp3) is 0.500. The van der Waals surface area contributed by atoms with Gasteiger partial charge in [-0.25, -0.2) is 14.5 Å². The number of amides is 2. The number of benzene rings is 1. The maximum Gasteiger partial charge on any atom is 0.412 e. The second-order valence-corrected chi connectivity index (χ2v) is 10.4. The molecule has 1 fully saturated rings. The van der Waals surface area contributed by atoms with Crippen molar-refractivity contribution in [3.63, 3.8) is 0 Å². The van der Waals surface area contributed by atoms with Crippen LogP contribution in [0.5, 0.6) is 0 Å². The molecule has 0 radical (unpaired) electrons. The van der Waals surface area contributed by atoms with E-state index in [2.05, 4.69) is 28.0 Å². The summed E-state index contributed by atoms with van der Waals surface area (Å²) in [6.45, 7) is 12.0. The molecule has 0 aliphatic carbocycles. The van der Waals surface area contributed by atoms with Gasteiger partial charge in [-0.1, -0.05) is 6.92 Å². The Morgan fingerprint density at radius 3 is 2.47 bits per heavy atom. The van der Waals surface area contributed by atoms with Gasteiger partial charge in [-0.2, -0.15) is 5.10 Å². The standard InChI is InChI=1S/C28H38N6O4/c1-6-23-21(16-29-26(35)18-8-10-19(11-9-18)32-27(36)38-28(3,4)5)24(31-20-12-14-37-15-13-20)22-17-30-34(7-2)25(22)33-23/h8-11,17,20H,6-7,12-16H2,1-5H3,(H,29,35)(H,31,33)(H,32,36). The van der Waals surface area contributed by atoms with Gasteiger partial charge in [0.25, 0.3) is 5.91 Å². The number of anilines is 2. The predicted octanol–water partition coefficient (Wildman–Crippen LogP) is 4.88. The van der Waals surface area contributed by atoms with Crippen molar-refractivity contribution >= 4 is 34.4 Å².